The van der Waals surface area contributed by atoms with Crippen LogP contribution in [0.1, 0.15) is 32.8 Å². The van der Waals surface area contributed by atoms with E-state index in [9.17, 15) is 4.39 Å². The van der Waals surface area contributed by atoms with E-state index >= 15 is 0 Å². The van der Waals surface area contributed by atoms with Gasteiger partial charge >= 0.3 is 0 Å². The van der Waals surface area contributed by atoms with Gasteiger partial charge in [-0.15, -0.1) is 12.4 Å². The molecule has 1 aliphatic heterocycles. The second kappa shape index (κ2) is 8.68. The Balaban J connectivity index is 0.00000225. The summed E-state index contributed by atoms with van der Waals surface area (Å²) < 4.78 is 20.2. The zero-order chi connectivity index (χ0) is 17.1. The van der Waals surface area contributed by atoms with E-state index in [1.54, 1.807) is 0 Å². The van der Waals surface area contributed by atoms with E-state index in [1.807, 2.05) is 24.3 Å². The molecule has 3 rings (SSSR count). The molecule has 25 heavy (non-hydrogen) atoms. The van der Waals surface area contributed by atoms with Crippen molar-refractivity contribution in [2.24, 2.45) is 0 Å². The SMILES string of the molecule is CCCN(C(C)C)[C@H]1COc2c(F)ccc(-c3ccccc3)c2C1.Cl. The van der Waals surface area contributed by atoms with E-state index in [0.717, 1.165) is 36.1 Å². The van der Waals surface area contributed by atoms with Crippen LogP contribution in [-0.2, 0) is 6.42 Å². The molecule has 1 aliphatic rings. The largest absolute Gasteiger partial charge is 0.489 e. The van der Waals surface area contributed by atoms with Crippen LogP contribution in [-0.4, -0.2) is 30.1 Å². The number of hydrogen-bond acceptors (Lipinski definition) is 2. The standard InChI is InChI=1S/C21H26FNO.ClH/c1-4-12-23(15(2)3)17-13-19-18(16-8-6-5-7-9-16)10-11-20(22)21(19)24-14-17;/h5-11,15,17H,4,12-14H2,1-3H3;1H/t17-;/m1./s1. The number of halogens is 2. The first-order valence-corrected chi connectivity index (χ1v) is 8.87. The predicted molar refractivity (Wildman–Crippen MR) is 104 cm³/mol. The molecule has 0 saturated heterocycles. The molecule has 2 aromatic carbocycles. The van der Waals surface area contributed by atoms with Crippen LogP contribution < -0.4 is 4.74 Å². The monoisotopic (exact) mass is 363 g/mol. The highest BCUT2D eigenvalue weighted by atomic mass is 35.5. The predicted octanol–water partition coefficient (Wildman–Crippen LogP) is 5.34. The van der Waals surface area contributed by atoms with Crippen LogP contribution in [0.2, 0.25) is 0 Å². The number of benzene rings is 2. The average Bonchev–Trinajstić information content (AvgIpc) is 2.60. The van der Waals surface area contributed by atoms with Gasteiger partial charge in [0.05, 0.1) is 0 Å². The second-order valence-electron chi connectivity index (χ2n) is 6.77. The van der Waals surface area contributed by atoms with Gasteiger partial charge in [0.1, 0.15) is 6.61 Å². The Morgan fingerprint density at radius 3 is 2.52 bits per heavy atom. The van der Waals surface area contributed by atoms with Crippen molar-refractivity contribution in [1.82, 2.24) is 4.90 Å². The molecule has 0 N–H and O–H groups in total. The third-order valence-electron chi connectivity index (χ3n) is 4.77. The number of nitrogens with zero attached hydrogens (tertiary/aromatic N) is 1. The summed E-state index contributed by atoms with van der Waals surface area (Å²) in [5.74, 6) is 0.183. The maximum atomic E-state index is 14.3. The molecular formula is C21H27ClFNO. The molecule has 0 fully saturated rings. The van der Waals surface area contributed by atoms with Crippen LogP contribution in [0.5, 0.6) is 5.75 Å². The molecule has 1 heterocycles. The van der Waals surface area contributed by atoms with Gasteiger partial charge in [-0.3, -0.25) is 4.90 Å². The van der Waals surface area contributed by atoms with Crippen molar-refractivity contribution in [3.05, 3.63) is 53.8 Å². The summed E-state index contributed by atoms with van der Waals surface area (Å²) >= 11 is 0. The van der Waals surface area contributed by atoms with E-state index in [1.165, 1.54) is 6.07 Å². The van der Waals surface area contributed by atoms with Crippen molar-refractivity contribution in [3.8, 4) is 16.9 Å². The lowest BCUT2D eigenvalue weighted by Gasteiger charge is -2.38. The minimum Gasteiger partial charge on any atom is -0.489 e. The van der Waals surface area contributed by atoms with Gasteiger partial charge < -0.3 is 4.74 Å². The molecule has 0 aliphatic carbocycles. The molecular weight excluding hydrogens is 337 g/mol. The molecule has 0 radical (unpaired) electrons. The van der Waals surface area contributed by atoms with E-state index in [-0.39, 0.29) is 18.2 Å². The van der Waals surface area contributed by atoms with Gasteiger partial charge in [-0.25, -0.2) is 4.39 Å². The first-order valence-electron chi connectivity index (χ1n) is 8.87. The molecule has 0 spiro atoms. The molecule has 0 unspecified atom stereocenters. The molecule has 136 valence electrons. The summed E-state index contributed by atoms with van der Waals surface area (Å²) in [4.78, 5) is 2.47. The summed E-state index contributed by atoms with van der Waals surface area (Å²) in [6.07, 6.45) is 1.94. The highest BCUT2D eigenvalue weighted by Crippen LogP contribution is 2.37. The zero-order valence-corrected chi connectivity index (χ0v) is 16.0. The van der Waals surface area contributed by atoms with E-state index in [4.69, 9.17) is 4.74 Å². The van der Waals surface area contributed by atoms with Gasteiger partial charge in [-0.1, -0.05) is 43.3 Å². The van der Waals surface area contributed by atoms with Crippen molar-refractivity contribution in [2.45, 2.75) is 45.7 Å². The van der Waals surface area contributed by atoms with Gasteiger partial charge in [0.25, 0.3) is 0 Å². The molecule has 2 aromatic rings. The number of rotatable bonds is 5. The minimum absolute atomic E-state index is 0. The Kier molecular flexibility index (Phi) is 6.86. The van der Waals surface area contributed by atoms with Crippen LogP contribution in [0.4, 0.5) is 4.39 Å². The second-order valence-corrected chi connectivity index (χ2v) is 6.77. The lowest BCUT2D eigenvalue weighted by molar-refractivity contribution is 0.0903. The smallest absolute Gasteiger partial charge is 0.165 e. The number of ether oxygens (including phenoxy) is 1. The van der Waals surface area contributed by atoms with E-state index < -0.39 is 0 Å². The Labute approximate surface area is 156 Å². The Bertz CT molecular complexity index is 690. The lowest BCUT2D eigenvalue weighted by Crippen LogP contribution is -2.47. The summed E-state index contributed by atoms with van der Waals surface area (Å²) in [7, 11) is 0. The van der Waals surface area contributed by atoms with Crippen LogP contribution in [0.25, 0.3) is 11.1 Å². The van der Waals surface area contributed by atoms with Crippen LogP contribution >= 0.6 is 12.4 Å². The quantitative estimate of drug-likeness (QED) is 0.711. The maximum Gasteiger partial charge on any atom is 0.165 e. The number of hydrogen-bond donors (Lipinski definition) is 0. The summed E-state index contributed by atoms with van der Waals surface area (Å²) in [5, 5.41) is 0. The van der Waals surface area contributed by atoms with Crippen molar-refractivity contribution in [3.63, 3.8) is 0 Å². The van der Waals surface area contributed by atoms with E-state index in [0.29, 0.717) is 24.4 Å². The van der Waals surface area contributed by atoms with Crippen molar-refractivity contribution in [2.75, 3.05) is 13.2 Å². The van der Waals surface area contributed by atoms with E-state index in [2.05, 4.69) is 37.8 Å². The summed E-state index contributed by atoms with van der Waals surface area (Å²) in [6, 6.07) is 14.3. The zero-order valence-electron chi connectivity index (χ0n) is 15.2. The molecule has 0 bridgehead atoms. The fourth-order valence-electron chi connectivity index (χ4n) is 3.65. The summed E-state index contributed by atoms with van der Waals surface area (Å²) in [5.41, 5.74) is 3.20. The van der Waals surface area contributed by atoms with Crippen LogP contribution in [0.3, 0.4) is 0 Å². The van der Waals surface area contributed by atoms with Gasteiger partial charge in [0.2, 0.25) is 0 Å². The highest BCUT2D eigenvalue weighted by molar-refractivity contribution is 5.85. The first kappa shape index (κ1) is 19.7. The van der Waals surface area contributed by atoms with Gasteiger partial charge in [-0.2, -0.15) is 0 Å². The summed E-state index contributed by atoms with van der Waals surface area (Å²) in [6.45, 7) is 8.23. The fraction of sp³-hybridized carbons (Fsp3) is 0.429. The van der Waals surface area contributed by atoms with Gasteiger partial charge in [0, 0.05) is 17.6 Å². The molecule has 0 amide bonds. The normalized spacial score (nSPS) is 16.3. The topological polar surface area (TPSA) is 12.5 Å². The Hall–Kier alpha value is -1.58. The average molecular weight is 364 g/mol. The van der Waals surface area contributed by atoms with Crippen molar-refractivity contribution >= 4 is 12.4 Å². The third-order valence-corrected chi connectivity index (χ3v) is 4.77. The van der Waals surface area contributed by atoms with Crippen LogP contribution in [0.15, 0.2) is 42.5 Å². The van der Waals surface area contributed by atoms with Crippen molar-refractivity contribution in [1.29, 1.82) is 0 Å². The third kappa shape index (κ3) is 4.16. The molecule has 4 heteroatoms. The minimum atomic E-state index is -0.255. The van der Waals surface area contributed by atoms with Gasteiger partial charge in [-0.05, 0) is 50.4 Å². The van der Waals surface area contributed by atoms with Gasteiger partial charge in [0.15, 0.2) is 11.6 Å². The molecule has 2 nitrogen and oxygen atoms in total. The maximum absolute atomic E-state index is 14.3. The van der Waals surface area contributed by atoms with Crippen molar-refractivity contribution < 1.29 is 9.13 Å². The molecule has 0 aromatic heterocycles. The molecule has 1 atom stereocenters. The Morgan fingerprint density at radius 1 is 1.16 bits per heavy atom. The Morgan fingerprint density at radius 2 is 1.88 bits per heavy atom. The first-order chi connectivity index (χ1) is 11.6. The lowest BCUT2D eigenvalue weighted by atomic mass is 9.91. The number of fused-ring (bicyclic) bond motifs is 1. The van der Waals surface area contributed by atoms with Crippen LogP contribution in [0, 0.1) is 5.82 Å². The highest BCUT2D eigenvalue weighted by Gasteiger charge is 2.30. The fourth-order valence-corrected chi connectivity index (χ4v) is 3.65. The molecule has 0 saturated carbocycles.